The van der Waals surface area contributed by atoms with Gasteiger partial charge in [-0.3, -0.25) is 0 Å². The van der Waals surface area contributed by atoms with Gasteiger partial charge in [0.1, 0.15) is 17.1 Å². The van der Waals surface area contributed by atoms with Crippen molar-refractivity contribution < 1.29 is 4.74 Å². The number of hydrogen-bond donors (Lipinski definition) is 0. The number of methoxy groups -OCH3 is 1. The van der Waals surface area contributed by atoms with Crippen molar-refractivity contribution in [1.29, 1.82) is 0 Å². The van der Waals surface area contributed by atoms with E-state index in [9.17, 15) is 0 Å². The molecule has 0 saturated carbocycles. The van der Waals surface area contributed by atoms with Crippen molar-refractivity contribution in [2.45, 2.75) is 26.3 Å². The van der Waals surface area contributed by atoms with Crippen LogP contribution in [0.3, 0.4) is 0 Å². The molecule has 0 spiro atoms. The number of benzene rings is 1. The minimum absolute atomic E-state index is 0.398. The van der Waals surface area contributed by atoms with Gasteiger partial charge < -0.3 is 9.30 Å². The van der Waals surface area contributed by atoms with Gasteiger partial charge in [0.2, 0.25) is 0 Å². The van der Waals surface area contributed by atoms with Crippen LogP contribution in [0, 0.1) is 0 Å². The average Bonchev–Trinajstić information content (AvgIpc) is 2.83. The zero-order chi connectivity index (χ0) is 14.5. The summed E-state index contributed by atoms with van der Waals surface area (Å²) in [7, 11) is 1.69. The highest BCUT2D eigenvalue weighted by atomic mass is 35.5. The molecule has 0 bridgehead atoms. The quantitative estimate of drug-likeness (QED) is 0.719. The lowest BCUT2D eigenvalue weighted by molar-refractivity contribution is 0.419. The Morgan fingerprint density at radius 3 is 2.90 bits per heavy atom. The molecule has 1 heterocycles. The normalized spacial score (nSPS) is 12.8. The van der Waals surface area contributed by atoms with Gasteiger partial charge in [-0.1, -0.05) is 13.0 Å². The summed E-state index contributed by atoms with van der Waals surface area (Å²) in [5.41, 5.74) is 2.07. The van der Waals surface area contributed by atoms with E-state index in [0.717, 1.165) is 40.5 Å². The standard InChI is InChI=1S/C15H21ClN2OS/c1-4-20-10-11(2)18-12-6-5-7-13(19-3)15(12)17-14(18)8-9-16/h5-7,11H,4,8-10H2,1-3H3. The molecule has 0 amide bonds. The summed E-state index contributed by atoms with van der Waals surface area (Å²) < 4.78 is 7.73. The first-order chi connectivity index (χ1) is 9.72. The van der Waals surface area contributed by atoms with Gasteiger partial charge in [-0.15, -0.1) is 11.6 Å². The number of alkyl halides is 1. The van der Waals surface area contributed by atoms with E-state index in [1.165, 1.54) is 0 Å². The molecule has 3 nitrogen and oxygen atoms in total. The lowest BCUT2D eigenvalue weighted by Gasteiger charge is -2.17. The van der Waals surface area contributed by atoms with Crippen molar-refractivity contribution in [3.63, 3.8) is 0 Å². The molecule has 0 aliphatic heterocycles. The molecule has 1 atom stereocenters. The third-order valence-corrected chi connectivity index (χ3v) is 4.61. The minimum Gasteiger partial charge on any atom is -0.494 e. The van der Waals surface area contributed by atoms with Crippen molar-refractivity contribution in [3.05, 3.63) is 24.0 Å². The number of ether oxygens (including phenoxy) is 1. The fourth-order valence-corrected chi connectivity index (χ4v) is 3.31. The van der Waals surface area contributed by atoms with Crippen molar-refractivity contribution in [1.82, 2.24) is 9.55 Å². The maximum Gasteiger partial charge on any atom is 0.146 e. The fraction of sp³-hybridized carbons (Fsp3) is 0.533. The third-order valence-electron chi connectivity index (χ3n) is 3.30. The number of rotatable bonds is 7. The van der Waals surface area contributed by atoms with E-state index >= 15 is 0 Å². The molecule has 1 unspecified atom stereocenters. The number of halogens is 1. The molecule has 0 fully saturated rings. The van der Waals surface area contributed by atoms with E-state index in [2.05, 4.69) is 24.5 Å². The molecule has 0 radical (unpaired) electrons. The number of imidazole rings is 1. The first-order valence-corrected chi connectivity index (χ1v) is 8.59. The highest BCUT2D eigenvalue weighted by Crippen LogP contribution is 2.29. The Morgan fingerprint density at radius 1 is 1.45 bits per heavy atom. The van der Waals surface area contributed by atoms with Gasteiger partial charge in [0.25, 0.3) is 0 Å². The molecular formula is C15H21ClN2OS. The van der Waals surface area contributed by atoms with Crippen LogP contribution < -0.4 is 4.74 Å². The summed E-state index contributed by atoms with van der Waals surface area (Å²) in [6.45, 7) is 4.42. The van der Waals surface area contributed by atoms with Gasteiger partial charge in [-0.2, -0.15) is 11.8 Å². The van der Waals surface area contributed by atoms with Gasteiger partial charge in [0.05, 0.1) is 12.6 Å². The van der Waals surface area contributed by atoms with Crippen LogP contribution in [0.15, 0.2) is 18.2 Å². The predicted molar refractivity (Wildman–Crippen MR) is 88.4 cm³/mol. The number of thioether (sulfide) groups is 1. The van der Waals surface area contributed by atoms with Crippen molar-refractivity contribution in [3.8, 4) is 5.75 Å². The second kappa shape index (κ2) is 7.23. The second-order valence-electron chi connectivity index (χ2n) is 4.67. The van der Waals surface area contributed by atoms with Crippen LogP contribution in [0.4, 0.5) is 0 Å². The van der Waals surface area contributed by atoms with Crippen molar-refractivity contribution in [2.75, 3.05) is 24.5 Å². The Balaban J connectivity index is 2.51. The summed E-state index contributed by atoms with van der Waals surface area (Å²) in [5.74, 6) is 4.66. The monoisotopic (exact) mass is 312 g/mol. The largest absolute Gasteiger partial charge is 0.494 e. The van der Waals surface area contributed by atoms with Crippen molar-refractivity contribution in [2.24, 2.45) is 0 Å². The highest BCUT2D eigenvalue weighted by molar-refractivity contribution is 7.99. The van der Waals surface area contributed by atoms with Crippen LogP contribution in [0.25, 0.3) is 11.0 Å². The number of aryl methyl sites for hydroxylation is 1. The van der Waals surface area contributed by atoms with Crippen LogP contribution in [-0.2, 0) is 6.42 Å². The lowest BCUT2D eigenvalue weighted by Crippen LogP contribution is -2.12. The Kier molecular flexibility index (Phi) is 5.61. The van der Waals surface area contributed by atoms with E-state index in [4.69, 9.17) is 21.3 Å². The molecule has 5 heteroatoms. The Bertz CT molecular complexity index is 570. The van der Waals surface area contributed by atoms with Gasteiger partial charge in [-0.05, 0) is 24.8 Å². The van der Waals surface area contributed by atoms with Crippen molar-refractivity contribution >= 4 is 34.4 Å². The molecule has 1 aromatic carbocycles. The SMILES string of the molecule is CCSCC(C)n1c(CCCl)nc2c(OC)cccc21. The summed E-state index contributed by atoms with van der Waals surface area (Å²) in [6, 6.07) is 6.48. The number of para-hydroxylation sites is 1. The molecule has 0 aliphatic rings. The van der Waals surface area contributed by atoms with Crippen LogP contribution >= 0.6 is 23.4 Å². The summed E-state index contributed by atoms with van der Waals surface area (Å²) in [6.07, 6.45) is 0.778. The molecular weight excluding hydrogens is 292 g/mol. The number of nitrogens with zero attached hydrogens (tertiary/aromatic N) is 2. The minimum atomic E-state index is 0.398. The third kappa shape index (κ3) is 3.07. The second-order valence-corrected chi connectivity index (χ2v) is 6.37. The Labute approximate surface area is 129 Å². The van der Waals surface area contributed by atoms with Crippen LogP contribution in [-0.4, -0.2) is 34.0 Å². The molecule has 20 heavy (non-hydrogen) atoms. The molecule has 0 aliphatic carbocycles. The first kappa shape index (κ1) is 15.5. The van der Waals surface area contributed by atoms with E-state index in [1.807, 2.05) is 23.9 Å². The highest BCUT2D eigenvalue weighted by Gasteiger charge is 2.17. The smallest absolute Gasteiger partial charge is 0.146 e. The maximum atomic E-state index is 5.93. The summed E-state index contributed by atoms with van der Waals surface area (Å²) in [4.78, 5) is 4.75. The molecule has 2 rings (SSSR count). The van der Waals surface area contributed by atoms with Crippen LogP contribution in [0.1, 0.15) is 25.7 Å². The molecule has 0 saturated heterocycles. The van der Waals surface area contributed by atoms with Gasteiger partial charge >= 0.3 is 0 Å². The zero-order valence-corrected chi connectivity index (χ0v) is 13.8. The predicted octanol–water partition coefficient (Wildman–Crippen LogP) is 4.14. The maximum absolute atomic E-state index is 5.93. The fourth-order valence-electron chi connectivity index (χ4n) is 2.42. The van der Waals surface area contributed by atoms with Crippen LogP contribution in [0.2, 0.25) is 0 Å². The van der Waals surface area contributed by atoms with Crippen LogP contribution in [0.5, 0.6) is 5.75 Å². The molecule has 110 valence electrons. The van der Waals surface area contributed by atoms with E-state index in [-0.39, 0.29) is 0 Å². The van der Waals surface area contributed by atoms with Gasteiger partial charge in [-0.25, -0.2) is 4.98 Å². The zero-order valence-electron chi connectivity index (χ0n) is 12.2. The van der Waals surface area contributed by atoms with E-state index in [0.29, 0.717) is 11.9 Å². The molecule has 2 aromatic rings. The summed E-state index contributed by atoms with van der Waals surface area (Å²) >= 11 is 7.88. The molecule has 0 N–H and O–H groups in total. The Morgan fingerprint density at radius 2 is 2.25 bits per heavy atom. The Hall–Kier alpha value is -0.870. The number of hydrogen-bond acceptors (Lipinski definition) is 3. The number of fused-ring (bicyclic) bond motifs is 1. The van der Waals surface area contributed by atoms with Gasteiger partial charge in [0.15, 0.2) is 0 Å². The van der Waals surface area contributed by atoms with Gasteiger partial charge in [0, 0.05) is 24.1 Å². The van der Waals surface area contributed by atoms with E-state index in [1.54, 1.807) is 7.11 Å². The van der Waals surface area contributed by atoms with E-state index < -0.39 is 0 Å². The first-order valence-electron chi connectivity index (χ1n) is 6.90. The number of aromatic nitrogens is 2. The molecule has 1 aromatic heterocycles. The lowest BCUT2D eigenvalue weighted by atomic mass is 10.2. The topological polar surface area (TPSA) is 27.1 Å². The average molecular weight is 313 g/mol. The summed E-state index contributed by atoms with van der Waals surface area (Å²) in [5, 5.41) is 0.